The van der Waals surface area contributed by atoms with Crippen molar-refractivity contribution in [2.24, 2.45) is 0 Å². The number of para-hydroxylation sites is 1. The fourth-order valence-corrected chi connectivity index (χ4v) is 1.43. The summed E-state index contributed by atoms with van der Waals surface area (Å²) in [4.78, 5) is 1.52. The van der Waals surface area contributed by atoms with E-state index in [9.17, 15) is 4.39 Å². The van der Waals surface area contributed by atoms with Crippen molar-refractivity contribution in [1.82, 2.24) is 15.5 Å². The average molecular weight is 236 g/mol. The molecule has 0 saturated heterocycles. The Morgan fingerprint density at radius 1 is 1.35 bits per heavy atom. The summed E-state index contributed by atoms with van der Waals surface area (Å²) < 4.78 is 18.9. The molecule has 17 heavy (non-hydrogen) atoms. The second-order valence-corrected chi connectivity index (χ2v) is 3.52. The molecule has 90 valence electrons. The van der Waals surface area contributed by atoms with Crippen molar-refractivity contribution in [1.29, 1.82) is 0 Å². The van der Waals surface area contributed by atoms with Crippen molar-refractivity contribution in [3.8, 4) is 0 Å². The van der Waals surface area contributed by atoms with E-state index in [2.05, 4.69) is 15.5 Å². The largest absolute Gasteiger partial charge is 0.406 e. The predicted octanol–water partition coefficient (Wildman–Crippen LogP) is 1.70. The van der Waals surface area contributed by atoms with Crippen molar-refractivity contribution < 1.29 is 8.81 Å². The molecule has 5 nitrogen and oxygen atoms in total. The lowest BCUT2D eigenvalue weighted by Crippen LogP contribution is -2.11. The summed E-state index contributed by atoms with van der Waals surface area (Å²) in [7, 11) is 3.46. The Hall–Kier alpha value is -1.95. The van der Waals surface area contributed by atoms with Gasteiger partial charge in [0.2, 0.25) is 5.89 Å². The first kappa shape index (κ1) is 11.5. The van der Waals surface area contributed by atoms with E-state index in [0.717, 1.165) is 0 Å². The second kappa shape index (κ2) is 4.92. The SMILES string of the molecule is CNCc1nnc(N(C)c2ccccc2F)o1. The number of hydrogen-bond donors (Lipinski definition) is 1. The van der Waals surface area contributed by atoms with Gasteiger partial charge in [0.25, 0.3) is 0 Å². The maximum absolute atomic E-state index is 13.5. The number of halogens is 1. The molecule has 1 aromatic heterocycles. The standard InChI is InChI=1S/C11H13FN4O/c1-13-7-10-14-15-11(17-10)16(2)9-6-4-3-5-8(9)12/h3-6,13H,7H2,1-2H3. The summed E-state index contributed by atoms with van der Waals surface area (Å²) in [6.07, 6.45) is 0. The Morgan fingerprint density at radius 2 is 2.12 bits per heavy atom. The maximum Gasteiger partial charge on any atom is 0.322 e. The zero-order valence-corrected chi connectivity index (χ0v) is 9.64. The lowest BCUT2D eigenvalue weighted by atomic mass is 10.3. The minimum Gasteiger partial charge on any atom is -0.406 e. The highest BCUT2D eigenvalue weighted by Crippen LogP contribution is 2.24. The zero-order valence-electron chi connectivity index (χ0n) is 9.64. The van der Waals surface area contributed by atoms with E-state index in [0.29, 0.717) is 18.1 Å². The molecular weight excluding hydrogens is 223 g/mol. The summed E-state index contributed by atoms with van der Waals surface area (Å²) in [6.45, 7) is 0.484. The Kier molecular flexibility index (Phi) is 3.34. The van der Waals surface area contributed by atoms with Gasteiger partial charge in [-0.25, -0.2) is 4.39 Å². The predicted molar refractivity (Wildman–Crippen MR) is 61.5 cm³/mol. The molecule has 0 aliphatic carbocycles. The third-order valence-electron chi connectivity index (χ3n) is 2.28. The number of anilines is 2. The van der Waals surface area contributed by atoms with Crippen molar-refractivity contribution in [2.45, 2.75) is 6.54 Å². The van der Waals surface area contributed by atoms with Gasteiger partial charge in [0.15, 0.2) is 0 Å². The molecule has 0 amide bonds. The van der Waals surface area contributed by atoms with Crippen molar-refractivity contribution in [3.63, 3.8) is 0 Å². The summed E-state index contributed by atoms with van der Waals surface area (Å²) in [5, 5.41) is 10.6. The Morgan fingerprint density at radius 3 is 2.82 bits per heavy atom. The van der Waals surface area contributed by atoms with Crippen LogP contribution < -0.4 is 10.2 Å². The van der Waals surface area contributed by atoms with E-state index >= 15 is 0 Å². The molecule has 0 unspecified atom stereocenters. The number of benzene rings is 1. The van der Waals surface area contributed by atoms with Gasteiger partial charge in [-0.05, 0) is 19.2 Å². The van der Waals surface area contributed by atoms with Crippen LogP contribution >= 0.6 is 0 Å². The van der Waals surface area contributed by atoms with E-state index in [1.54, 1.807) is 32.3 Å². The Balaban J connectivity index is 2.24. The van der Waals surface area contributed by atoms with Gasteiger partial charge in [-0.3, -0.25) is 4.90 Å². The number of nitrogens with one attached hydrogen (secondary N) is 1. The highest BCUT2D eigenvalue weighted by atomic mass is 19.1. The number of rotatable bonds is 4. The zero-order chi connectivity index (χ0) is 12.3. The minimum atomic E-state index is -0.330. The molecule has 0 radical (unpaired) electrons. The molecule has 0 bridgehead atoms. The van der Waals surface area contributed by atoms with Crippen LogP contribution in [-0.2, 0) is 6.54 Å². The van der Waals surface area contributed by atoms with Crippen LogP contribution in [0, 0.1) is 5.82 Å². The summed E-state index contributed by atoms with van der Waals surface area (Å²) in [5.74, 6) is 0.133. The molecule has 0 aliphatic rings. The Bertz CT molecular complexity index is 500. The number of nitrogens with zero attached hydrogens (tertiary/aromatic N) is 3. The lowest BCUT2D eigenvalue weighted by molar-refractivity contribution is 0.482. The van der Waals surface area contributed by atoms with E-state index < -0.39 is 0 Å². The van der Waals surface area contributed by atoms with Crippen LogP contribution in [0.2, 0.25) is 0 Å². The molecule has 2 aromatic rings. The van der Waals surface area contributed by atoms with Crippen LogP contribution in [0.1, 0.15) is 5.89 Å². The number of hydrogen-bond acceptors (Lipinski definition) is 5. The molecular formula is C11H13FN4O. The average Bonchev–Trinajstić information content (AvgIpc) is 2.78. The summed E-state index contributed by atoms with van der Waals surface area (Å²) in [5.41, 5.74) is 0.396. The second-order valence-electron chi connectivity index (χ2n) is 3.52. The van der Waals surface area contributed by atoms with Crippen LogP contribution in [0.25, 0.3) is 0 Å². The van der Waals surface area contributed by atoms with E-state index in [1.807, 2.05) is 0 Å². The van der Waals surface area contributed by atoms with Crippen molar-refractivity contribution >= 4 is 11.7 Å². The van der Waals surface area contributed by atoms with Crippen LogP contribution in [0.3, 0.4) is 0 Å². The third-order valence-corrected chi connectivity index (χ3v) is 2.28. The van der Waals surface area contributed by atoms with Crippen molar-refractivity contribution in [2.75, 3.05) is 19.0 Å². The maximum atomic E-state index is 13.5. The van der Waals surface area contributed by atoms with E-state index in [1.165, 1.54) is 11.0 Å². The van der Waals surface area contributed by atoms with Crippen LogP contribution in [0.5, 0.6) is 0 Å². The molecule has 6 heteroatoms. The van der Waals surface area contributed by atoms with Gasteiger partial charge in [0.05, 0.1) is 12.2 Å². The molecule has 1 heterocycles. The lowest BCUT2D eigenvalue weighted by Gasteiger charge is -2.14. The fraction of sp³-hybridized carbons (Fsp3) is 0.273. The van der Waals surface area contributed by atoms with Gasteiger partial charge in [-0.1, -0.05) is 17.2 Å². The highest BCUT2D eigenvalue weighted by Gasteiger charge is 2.14. The van der Waals surface area contributed by atoms with Gasteiger partial charge < -0.3 is 9.73 Å². The molecule has 1 N–H and O–H groups in total. The minimum absolute atomic E-state index is 0.264. The van der Waals surface area contributed by atoms with Crippen LogP contribution in [0.4, 0.5) is 16.1 Å². The summed E-state index contributed by atoms with van der Waals surface area (Å²) >= 11 is 0. The summed E-state index contributed by atoms with van der Waals surface area (Å²) in [6, 6.07) is 6.68. The van der Waals surface area contributed by atoms with Crippen LogP contribution in [0.15, 0.2) is 28.7 Å². The molecule has 1 aromatic carbocycles. The first-order chi connectivity index (χ1) is 8.22. The van der Waals surface area contributed by atoms with Crippen LogP contribution in [-0.4, -0.2) is 24.3 Å². The molecule has 0 aliphatic heterocycles. The monoisotopic (exact) mass is 236 g/mol. The van der Waals surface area contributed by atoms with Gasteiger partial charge in [-0.2, -0.15) is 0 Å². The van der Waals surface area contributed by atoms with Gasteiger partial charge in [-0.15, -0.1) is 5.10 Å². The fourth-order valence-electron chi connectivity index (χ4n) is 1.43. The number of aromatic nitrogens is 2. The first-order valence-corrected chi connectivity index (χ1v) is 5.17. The topological polar surface area (TPSA) is 54.2 Å². The van der Waals surface area contributed by atoms with Crippen molar-refractivity contribution in [3.05, 3.63) is 36.0 Å². The van der Waals surface area contributed by atoms with Gasteiger partial charge in [0.1, 0.15) is 5.82 Å². The third kappa shape index (κ3) is 2.42. The first-order valence-electron chi connectivity index (χ1n) is 5.17. The molecule has 2 rings (SSSR count). The highest BCUT2D eigenvalue weighted by molar-refractivity contribution is 5.55. The van der Waals surface area contributed by atoms with E-state index in [4.69, 9.17) is 4.42 Å². The smallest absolute Gasteiger partial charge is 0.322 e. The quantitative estimate of drug-likeness (QED) is 0.875. The molecule has 0 atom stereocenters. The van der Waals surface area contributed by atoms with Gasteiger partial charge >= 0.3 is 6.01 Å². The molecule has 0 spiro atoms. The molecule has 0 fully saturated rings. The normalized spacial score (nSPS) is 10.5. The van der Waals surface area contributed by atoms with Gasteiger partial charge in [0, 0.05) is 7.05 Å². The van der Waals surface area contributed by atoms with E-state index in [-0.39, 0.29) is 11.8 Å². The Labute approximate surface area is 98.3 Å². The molecule has 0 saturated carbocycles.